The van der Waals surface area contributed by atoms with E-state index in [9.17, 15) is 0 Å². The van der Waals surface area contributed by atoms with Gasteiger partial charge in [-0.05, 0) is 6.26 Å². The molecule has 0 unspecified atom stereocenters. The molecule has 4 heteroatoms. The lowest BCUT2D eigenvalue weighted by Crippen LogP contribution is -1.76. The molecule has 0 saturated heterocycles. The molecule has 0 aliphatic rings. The minimum Gasteiger partial charge on any atom is -0.293 e. The van der Waals surface area contributed by atoms with Crippen LogP contribution in [0.4, 0.5) is 0 Å². The number of thiazole rings is 1. The number of hydrogen-bond acceptors (Lipinski definition) is 4. The normalized spacial score (nSPS) is 11.0. The number of hydrogen-bond donors (Lipinski definition) is 0. The fourth-order valence-electron chi connectivity index (χ4n) is 0.536. The second-order valence-electron chi connectivity index (χ2n) is 1.62. The highest BCUT2D eigenvalue weighted by molar-refractivity contribution is 7.98. The zero-order valence-electron chi connectivity index (χ0n) is 5.87. The van der Waals surface area contributed by atoms with Crippen molar-refractivity contribution in [2.45, 2.75) is 5.03 Å². The van der Waals surface area contributed by atoms with Gasteiger partial charge in [0.05, 0.1) is 6.21 Å². The summed E-state index contributed by atoms with van der Waals surface area (Å²) in [6.07, 6.45) is 3.78. The van der Waals surface area contributed by atoms with Crippen LogP contribution >= 0.6 is 23.1 Å². The maximum Gasteiger partial charge on any atom is 0.135 e. The highest BCUT2D eigenvalue weighted by atomic mass is 32.2. The number of nitrogens with zero attached hydrogens (tertiary/aromatic N) is 2. The van der Waals surface area contributed by atoms with Gasteiger partial charge in [-0.15, -0.1) is 23.1 Å². The van der Waals surface area contributed by atoms with Crippen LogP contribution in [0.25, 0.3) is 0 Å². The Hall–Kier alpha value is -0.350. The van der Waals surface area contributed by atoms with E-state index in [-0.39, 0.29) is 0 Å². The number of aromatic nitrogens is 1. The number of aliphatic imine (C=N–C) groups is 1. The third-order valence-electron chi connectivity index (χ3n) is 0.950. The van der Waals surface area contributed by atoms with Crippen LogP contribution in [0.1, 0.15) is 5.01 Å². The smallest absolute Gasteiger partial charge is 0.135 e. The molecule has 0 aliphatic heterocycles. The van der Waals surface area contributed by atoms with Crippen LogP contribution in [0.5, 0.6) is 0 Å². The van der Waals surface area contributed by atoms with E-state index in [2.05, 4.69) is 9.98 Å². The first-order valence-electron chi connectivity index (χ1n) is 2.78. The molecule has 0 radical (unpaired) electrons. The van der Waals surface area contributed by atoms with E-state index in [1.54, 1.807) is 36.4 Å². The van der Waals surface area contributed by atoms with E-state index in [0.717, 1.165) is 10.0 Å². The van der Waals surface area contributed by atoms with Gasteiger partial charge >= 0.3 is 0 Å². The zero-order chi connectivity index (χ0) is 7.40. The fourth-order valence-corrected chi connectivity index (χ4v) is 1.90. The summed E-state index contributed by atoms with van der Waals surface area (Å²) < 4.78 is 0. The lowest BCUT2D eigenvalue weighted by atomic mass is 10.8. The van der Waals surface area contributed by atoms with Gasteiger partial charge in [0.1, 0.15) is 10.0 Å². The van der Waals surface area contributed by atoms with E-state index in [4.69, 9.17) is 0 Å². The predicted octanol–water partition coefficient (Wildman–Crippen LogP) is 1.91. The van der Waals surface area contributed by atoms with Gasteiger partial charge in [-0.3, -0.25) is 4.99 Å². The highest BCUT2D eigenvalue weighted by Crippen LogP contribution is 2.16. The zero-order valence-corrected chi connectivity index (χ0v) is 7.50. The Bertz CT molecular complexity index is 229. The maximum absolute atomic E-state index is 4.25. The first-order valence-corrected chi connectivity index (χ1v) is 4.89. The Morgan fingerprint density at radius 3 is 3.10 bits per heavy atom. The van der Waals surface area contributed by atoms with E-state index in [0.29, 0.717) is 0 Å². The van der Waals surface area contributed by atoms with Crippen LogP contribution in [-0.2, 0) is 0 Å². The van der Waals surface area contributed by atoms with Crippen molar-refractivity contribution in [2.75, 3.05) is 13.3 Å². The van der Waals surface area contributed by atoms with Crippen molar-refractivity contribution in [3.8, 4) is 0 Å². The third kappa shape index (κ3) is 1.82. The molecule has 0 saturated carbocycles. The molecule has 1 aromatic heterocycles. The second-order valence-corrected chi connectivity index (χ2v) is 3.33. The van der Waals surface area contributed by atoms with Crippen molar-refractivity contribution in [2.24, 2.45) is 4.99 Å². The van der Waals surface area contributed by atoms with Crippen LogP contribution in [-0.4, -0.2) is 24.5 Å². The van der Waals surface area contributed by atoms with E-state index >= 15 is 0 Å². The van der Waals surface area contributed by atoms with Crippen LogP contribution in [0.15, 0.2) is 15.4 Å². The molecule has 1 heterocycles. The van der Waals surface area contributed by atoms with Gasteiger partial charge in [0, 0.05) is 12.4 Å². The Kier molecular flexibility index (Phi) is 2.89. The monoisotopic (exact) mass is 172 g/mol. The Balaban J connectivity index is 2.78. The standard InChI is InChI=1S/C6H8N2S2/c1-7-3-5-8-6(9-2)4-10-5/h3-4H,1-2H3. The summed E-state index contributed by atoms with van der Waals surface area (Å²) in [6.45, 7) is 0. The maximum atomic E-state index is 4.25. The molecule has 1 rings (SSSR count). The summed E-state index contributed by atoms with van der Waals surface area (Å²) in [4.78, 5) is 8.12. The quantitative estimate of drug-likeness (QED) is 0.503. The molecule has 10 heavy (non-hydrogen) atoms. The topological polar surface area (TPSA) is 25.2 Å². The lowest BCUT2D eigenvalue weighted by molar-refractivity contribution is 1.19. The molecule has 0 fully saturated rings. The van der Waals surface area contributed by atoms with Gasteiger partial charge in [-0.2, -0.15) is 0 Å². The average molecular weight is 172 g/mol. The first-order chi connectivity index (χ1) is 4.86. The molecule has 0 N–H and O–H groups in total. The van der Waals surface area contributed by atoms with Crippen LogP contribution in [0, 0.1) is 0 Å². The largest absolute Gasteiger partial charge is 0.293 e. The second kappa shape index (κ2) is 3.73. The first kappa shape index (κ1) is 7.75. The Morgan fingerprint density at radius 2 is 2.60 bits per heavy atom. The van der Waals surface area contributed by atoms with Crippen LogP contribution in [0.3, 0.4) is 0 Å². The van der Waals surface area contributed by atoms with E-state index < -0.39 is 0 Å². The van der Waals surface area contributed by atoms with Gasteiger partial charge in [0.15, 0.2) is 0 Å². The minimum absolute atomic E-state index is 0.979. The van der Waals surface area contributed by atoms with Crippen molar-refractivity contribution >= 4 is 29.3 Å². The van der Waals surface area contributed by atoms with Crippen molar-refractivity contribution in [1.82, 2.24) is 4.98 Å². The minimum atomic E-state index is 0.979. The number of thioether (sulfide) groups is 1. The Labute approximate surface area is 68.4 Å². The van der Waals surface area contributed by atoms with Gasteiger partial charge in [0.25, 0.3) is 0 Å². The van der Waals surface area contributed by atoms with Crippen LogP contribution in [0.2, 0.25) is 0 Å². The summed E-state index contributed by atoms with van der Waals surface area (Å²) in [5.41, 5.74) is 0. The predicted molar refractivity (Wildman–Crippen MR) is 47.4 cm³/mol. The van der Waals surface area contributed by atoms with Crippen LogP contribution < -0.4 is 0 Å². The molecule has 0 spiro atoms. The van der Waals surface area contributed by atoms with E-state index in [1.165, 1.54) is 0 Å². The summed E-state index contributed by atoms with van der Waals surface area (Å²) in [5.74, 6) is 0. The molecule has 1 aromatic rings. The summed E-state index contributed by atoms with van der Waals surface area (Å²) >= 11 is 3.27. The van der Waals surface area contributed by atoms with Gasteiger partial charge in [0.2, 0.25) is 0 Å². The fraction of sp³-hybridized carbons (Fsp3) is 0.333. The molecular formula is C6H8N2S2. The summed E-state index contributed by atoms with van der Waals surface area (Å²) in [6, 6.07) is 0. The third-order valence-corrected chi connectivity index (χ3v) is 2.51. The van der Waals surface area contributed by atoms with Gasteiger partial charge < -0.3 is 0 Å². The number of rotatable bonds is 2. The Morgan fingerprint density at radius 1 is 1.80 bits per heavy atom. The summed E-state index contributed by atoms with van der Waals surface area (Å²) in [5, 5.41) is 4.08. The van der Waals surface area contributed by atoms with Crippen molar-refractivity contribution in [3.63, 3.8) is 0 Å². The molecule has 0 amide bonds. The SMILES string of the molecule is CN=Cc1nc(SC)cs1. The van der Waals surface area contributed by atoms with Crippen molar-refractivity contribution in [3.05, 3.63) is 10.4 Å². The molecule has 0 atom stereocenters. The molecule has 2 nitrogen and oxygen atoms in total. The summed E-state index contributed by atoms with van der Waals surface area (Å²) in [7, 11) is 1.75. The van der Waals surface area contributed by atoms with Gasteiger partial charge in [-0.25, -0.2) is 4.98 Å². The molecule has 0 bridgehead atoms. The van der Waals surface area contributed by atoms with Gasteiger partial charge in [-0.1, -0.05) is 0 Å². The molecule has 54 valence electrons. The molecule has 0 aliphatic carbocycles. The van der Waals surface area contributed by atoms with Crippen molar-refractivity contribution in [1.29, 1.82) is 0 Å². The van der Waals surface area contributed by atoms with E-state index in [1.807, 2.05) is 11.6 Å². The lowest BCUT2D eigenvalue weighted by Gasteiger charge is -1.80. The van der Waals surface area contributed by atoms with Crippen molar-refractivity contribution < 1.29 is 0 Å². The average Bonchev–Trinajstić information content (AvgIpc) is 2.37. The highest BCUT2D eigenvalue weighted by Gasteiger charge is 1.95. The molecular weight excluding hydrogens is 164 g/mol. The molecule has 0 aromatic carbocycles.